The molecule has 1 N–H and O–H groups in total. The molecule has 0 aliphatic carbocycles. The highest BCUT2D eigenvalue weighted by Gasteiger charge is 2.33. The number of nitrogens with zero attached hydrogens (tertiary/aromatic N) is 2. The Bertz CT molecular complexity index is 648. The summed E-state index contributed by atoms with van der Waals surface area (Å²) in [6.07, 6.45) is -4.67. The van der Waals surface area contributed by atoms with Crippen LogP contribution in [-0.2, 0) is 6.18 Å². The summed E-state index contributed by atoms with van der Waals surface area (Å²) in [4.78, 5) is 6.65. The number of aromatic nitrogens is 2. The van der Waals surface area contributed by atoms with E-state index in [9.17, 15) is 17.6 Å². The average Bonchev–Trinajstić information content (AvgIpc) is 2.32. The fraction of sp³-hybridized carbons (Fsp3) is 0.0909. The van der Waals surface area contributed by atoms with Crippen LogP contribution in [0.15, 0.2) is 28.7 Å². The van der Waals surface area contributed by atoms with E-state index >= 15 is 0 Å². The zero-order valence-corrected chi connectivity index (χ0v) is 11.8. The molecule has 2 rings (SSSR count). The highest BCUT2D eigenvalue weighted by molar-refractivity contribution is 9.10. The van der Waals surface area contributed by atoms with Crippen LogP contribution in [0, 0.1) is 5.82 Å². The SMILES string of the molecule is Fc1ccc(Br)cc1Nc1cc(C(F)(F)F)nc(Cl)n1. The second-order valence-corrected chi connectivity index (χ2v) is 4.91. The van der Waals surface area contributed by atoms with Crippen molar-refractivity contribution >= 4 is 39.0 Å². The Balaban J connectivity index is 2.39. The second-order valence-electron chi connectivity index (χ2n) is 3.65. The Morgan fingerprint density at radius 3 is 2.50 bits per heavy atom. The van der Waals surface area contributed by atoms with Gasteiger partial charge in [0.25, 0.3) is 0 Å². The lowest BCUT2D eigenvalue weighted by Gasteiger charge is -2.10. The fourth-order valence-corrected chi connectivity index (χ4v) is 1.90. The summed E-state index contributed by atoms with van der Waals surface area (Å²) in [7, 11) is 0. The largest absolute Gasteiger partial charge is 0.433 e. The number of hydrogen-bond acceptors (Lipinski definition) is 3. The first kappa shape index (κ1) is 15.0. The molecule has 0 fully saturated rings. The van der Waals surface area contributed by atoms with Crippen molar-refractivity contribution in [3.05, 3.63) is 45.5 Å². The highest BCUT2D eigenvalue weighted by Crippen LogP contribution is 2.31. The van der Waals surface area contributed by atoms with Crippen molar-refractivity contribution in [2.24, 2.45) is 0 Å². The smallest absolute Gasteiger partial charge is 0.338 e. The van der Waals surface area contributed by atoms with Crippen LogP contribution in [0.3, 0.4) is 0 Å². The van der Waals surface area contributed by atoms with Gasteiger partial charge in [-0.3, -0.25) is 0 Å². The molecule has 0 spiro atoms. The van der Waals surface area contributed by atoms with Gasteiger partial charge >= 0.3 is 6.18 Å². The van der Waals surface area contributed by atoms with Gasteiger partial charge in [-0.15, -0.1) is 0 Å². The van der Waals surface area contributed by atoms with Crippen LogP contribution >= 0.6 is 27.5 Å². The number of anilines is 2. The Morgan fingerprint density at radius 2 is 1.85 bits per heavy atom. The van der Waals surface area contributed by atoms with Crippen LogP contribution in [-0.4, -0.2) is 9.97 Å². The minimum Gasteiger partial charge on any atom is -0.338 e. The van der Waals surface area contributed by atoms with Crippen LogP contribution in [0.5, 0.6) is 0 Å². The molecule has 1 aromatic heterocycles. The Hall–Kier alpha value is -1.41. The second kappa shape index (κ2) is 5.53. The number of rotatable bonds is 2. The fourth-order valence-electron chi connectivity index (χ4n) is 1.36. The zero-order valence-electron chi connectivity index (χ0n) is 9.47. The molecule has 1 heterocycles. The van der Waals surface area contributed by atoms with Gasteiger partial charge in [-0.25, -0.2) is 14.4 Å². The summed E-state index contributed by atoms with van der Waals surface area (Å²) >= 11 is 8.55. The van der Waals surface area contributed by atoms with E-state index in [1.165, 1.54) is 12.1 Å². The molecule has 106 valence electrons. The maximum atomic E-state index is 13.5. The van der Waals surface area contributed by atoms with Crippen LogP contribution < -0.4 is 5.32 Å². The van der Waals surface area contributed by atoms with Gasteiger partial charge in [0.2, 0.25) is 5.28 Å². The molecule has 0 aliphatic rings. The molecular weight excluding hydrogens is 365 g/mol. The van der Waals surface area contributed by atoms with E-state index in [1.807, 2.05) is 0 Å². The minimum atomic E-state index is -4.67. The number of benzene rings is 1. The predicted molar refractivity (Wildman–Crippen MR) is 69.4 cm³/mol. The molecule has 0 amide bonds. The first-order chi connectivity index (χ1) is 9.25. The molecule has 0 atom stereocenters. The first-order valence-corrected chi connectivity index (χ1v) is 6.26. The molecule has 2 aromatic rings. The summed E-state index contributed by atoms with van der Waals surface area (Å²) in [5, 5.41) is 1.84. The molecule has 0 bridgehead atoms. The average molecular weight is 371 g/mol. The van der Waals surface area contributed by atoms with Crippen molar-refractivity contribution in [3.63, 3.8) is 0 Å². The van der Waals surface area contributed by atoms with Gasteiger partial charge in [0.1, 0.15) is 11.6 Å². The Morgan fingerprint density at radius 1 is 1.15 bits per heavy atom. The Kier molecular flexibility index (Phi) is 4.14. The van der Waals surface area contributed by atoms with E-state index in [4.69, 9.17) is 11.6 Å². The summed E-state index contributed by atoms with van der Waals surface area (Å²) in [5.74, 6) is -0.897. The van der Waals surface area contributed by atoms with Crippen molar-refractivity contribution in [2.45, 2.75) is 6.18 Å². The number of alkyl halides is 3. The van der Waals surface area contributed by atoms with E-state index in [0.717, 1.165) is 6.07 Å². The van der Waals surface area contributed by atoms with Crippen molar-refractivity contribution in [1.29, 1.82) is 0 Å². The van der Waals surface area contributed by atoms with Gasteiger partial charge in [-0.05, 0) is 29.8 Å². The molecular formula is C11H5BrClF4N3. The molecule has 1 aromatic carbocycles. The number of hydrogen-bond donors (Lipinski definition) is 1. The van der Waals surface area contributed by atoms with E-state index in [0.29, 0.717) is 10.5 Å². The van der Waals surface area contributed by atoms with E-state index < -0.39 is 23.0 Å². The molecule has 20 heavy (non-hydrogen) atoms. The van der Waals surface area contributed by atoms with Gasteiger partial charge in [0.15, 0.2) is 5.69 Å². The topological polar surface area (TPSA) is 37.8 Å². The van der Waals surface area contributed by atoms with Crippen molar-refractivity contribution < 1.29 is 17.6 Å². The van der Waals surface area contributed by atoms with Crippen LogP contribution in [0.1, 0.15) is 5.69 Å². The summed E-state index contributed by atoms with van der Waals surface area (Å²) < 4.78 is 51.8. The lowest BCUT2D eigenvalue weighted by molar-refractivity contribution is -0.141. The van der Waals surface area contributed by atoms with Crippen LogP contribution in [0.25, 0.3) is 0 Å². The van der Waals surface area contributed by atoms with E-state index in [2.05, 4.69) is 31.2 Å². The first-order valence-electron chi connectivity index (χ1n) is 5.09. The molecule has 0 radical (unpaired) electrons. The van der Waals surface area contributed by atoms with Gasteiger partial charge in [-0.2, -0.15) is 13.2 Å². The summed E-state index contributed by atoms with van der Waals surface area (Å²) in [6.45, 7) is 0. The molecule has 0 unspecified atom stereocenters. The molecule has 3 nitrogen and oxygen atoms in total. The number of halogens is 6. The lowest BCUT2D eigenvalue weighted by Crippen LogP contribution is -2.10. The third-order valence-corrected chi connectivity index (χ3v) is 2.84. The molecule has 0 saturated heterocycles. The van der Waals surface area contributed by atoms with Gasteiger partial charge in [0.05, 0.1) is 5.69 Å². The molecule has 9 heteroatoms. The zero-order chi connectivity index (χ0) is 14.9. The van der Waals surface area contributed by atoms with Gasteiger partial charge in [-0.1, -0.05) is 15.9 Å². The van der Waals surface area contributed by atoms with E-state index in [-0.39, 0.29) is 11.5 Å². The van der Waals surface area contributed by atoms with Crippen molar-refractivity contribution in [1.82, 2.24) is 9.97 Å². The van der Waals surface area contributed by atoms with Gasteiger partial charge < -0.3 is 5.32 Å². The maximum absolute atomic E-state index is 13.5. The summed E-state index contributed by atoms with van der Waals surface area (Å²) in [6, 6.07) is 4.61. The molecule has 0 saturated carbocycles. The van der Waals surface area contributed by atoms with Gasteiger partial charge in [0, 0.05) is 10.5 Å². The number of nitrogens with one attached hydrogen (secondary N) is 1. The third kappa shape index (κ3) is 3.57. The van der Waals surface area contributed by atoms with Crippen LogP contribution in [0.2, 0.25) is 5.28 Å². The molecule has 0 aliphatic heterocycles. The van der Waals surface area contributed by atoms with Crippen LogP contribution in [0.4, 0.5) is 29.1 Å². The highest BCUT2D eigenvalue weighted by atomic mass is 79.9. The lowest BCUT2D eigenvalue weighted by atomic mass is 10.3. The monoisotopic (exact) mass is 369 g/mol. The minimum absolute atomic E-state index is 0.0396. The standard InChI is InChI=1S/C11H5BrClF4N3/c12-5-1-2-6(14)7(3-5)18-9-4-8(11(15,16)17)19-10(13)20-9/h1-4H,(H,18,19,20). The van der Waals surface area contributed by atoms with Crippen molar-refractivity contribution in [3.8, 4) is 0 Å². The quantitative estimate of drug-likeness (QED) is 0.610. The summed E-state index contributed by atoms with van der Waals surface area (Å²) in [5.41, 5.74) is -1.25. The normalized spacial score (nSPS) is 11.5. The van der Waals surface area contributed by atoms with Crippen molar-refractivity contribution in [2.75, 3.05) is 5.32 Å². The predicted octanol–water partition coefficient (Wildman–Crippen LogP) is 4.79. The maximum Gasteiger partial charge on any atom is 0.433 e. The Labute approximate surface area is 124 Å². The third-order valence-electron chi connectivity index (χ3n) is 2.18. The van der Waals surface area contributed by atoms with E-state index in [1.54, 1.807) is 0 Å².